The Kier molecular flexibility index (Phi) is 5.63. The molecule has 0 aliphatic rings. The summed E-state index contributed by atoms with van der Waals surface area (Å²) in [7, 11) is 4.34. The predicted octanol–water partition coefficient (Wildman–Crippen LogP) is 1.97. The second kappa shape index (κ2) is 6.76. The summed E-state index contributed by atoms with van der Waals surface area (Å²) in [6.45, 7) is 7.90. The molecule has 0 spiro atoms. The molecular formula is C15H27N2O+. The molecule has 1 aromatic carbocycles. The molecular weight excluding hydrogens is 224 g/mol. The number of aliphatic hydroxyl groups is 1. The lowest BCUT2D eigenvalue weighted by Crippen LogP contribution is -2.49. The summed E-state index contributed by atoms with van der Waals surface area (Å²) >= 11 is 0. The lowest BCUT2D eigenvalue weighted by molar-refractivity contribution is -0.891. The van der Waals surface area contributed by atoms with Gasteiger partial charge >= 0.3 is 0 Å². The maximum absolute atomic E-state index is 9.50. The summed E-state index contributed by atoms with van der Waals surface area (Å²) in [5.41, 5.74) is 1.28. The van der Waals surface area contributed by atoms with Gasteiger partial charge in [0.15, 0.2) is 0 Å². The first-order chi connectivity index (χ1) is 8.44. The molecule has 0 unspecified atom stereocenters. The molecule has 3 heteroatoms. The van der Waals surface area contributed by atoms with Crippen LogP contribution >= 0.6 is 0 Å². The number of rotatable bonds is 7. The molecule has 0 saturated heterocycles. The van der Waals surface area contributed by atoms with Crippen LogP contribution in [0.25, 0.3) is 0 Å². The Labute approximate surface area is 111 Å². The van der Waals surface area contributed by atoms with Crippen molar-refractivity contribution in [1.29, 1.82) is 0 Å². The number of benzene rings is 1. The number of hydrogen-bond acceptors (Lipinski definition) is 2. The zero-order valence-electron chi connectivity index (χ0n) is 12.1. The zero-order chi connectivity index (χ0) is 13.6. The van der Waals surface area contributed by atoms with E-state index < -0.39 is 0 Å². The fraction of sp³-hybridized carbons (Fsp3) is 0.600. The van der Waals surface area contributed by atoms with Crippen molar-refractivity contribution in [3.05, 3.63) is 30.3 Å². The van der Waals surface area contributed by atoms with Crippen molar-refractivity contribution in [3.8, 4) is 0 Å². The molecule has 0 amide bonds. The average molecular weight is 251 g/mol. The molecule has 18 heavy (non-hydrogen) atoms. The number of para-hydroxylation sites is 1. The van der Waals surface area contributed by atoms with E-state index in [-0.39, 0.29) is 6.10 Å². The normalized spacial score (nSPS) is 13.4. The van der Waals surface area contributed by atoms with Crippen LogP contribution in [-0.4, -0.2) is 56.0 Å². The minimum Gasteiger partial charge on any atom is -0.388 e. The zero-order valence-corrected chi connectivity index (χ0v) is 12.1. The quantitative estimate of drug-likeness (QED) is 0.749. The highest BCUT2D eigenvalue weighted by atomic mass is 16.3. The molecule has 0 heterocycles. The highest BCUT2D eigenvalue weighted by Crippen LogP contribution is 2.13. The van der Waals surface area contributed by atoms with Crippen molar-refractivity contribution in [3.63, 3.8) is 0 Å². The molecule has 1 atom stereocenters. The summed E-state index contributed by atoms with van der Waals surface area (Å²) in [4.78, 5) is 2.38. The smallest absolute Gasteiger partial charge is 0.104 e. The number of likely N-dealkylation sites (N-methyl/N-ethyl adjacent to an activating group) is 2. The summed E-state index contributed by atoms with van der Waals surface area (Å²) in [5, 5.41) is 9.50. The van der Waals surface area contributed by atoms with Crippen LogP contribution in [0.3, 0.4) is 0 Å². The van der Waals surface area contributed by atoms with Crippen LogP contribution in [0.15, 0.2) is 30.3 Å². The van der Waals surface area contributed by atoms with E-state index >= 15 is 0 Å². The average Bonchev–Trinajstić information content (AvgIpc) is 2.29. The van der Waals surface area contributed by atoms with E-state index in [9.17, 15) is 5.11 Å². The van der Waals surface area contributed by atoms with E-state index in [0.29, 0.717) is 0 Å². The summed E-state index contributed by atoms with van der Waals surface area (Å²) in [6, 6.07) is 10.5. The number of hydrogen-bond donors (Lipinski definition) is 1. The van der Waals surface area contributed by atoms with Gasteiger partial charge in [0.1, 0.15) is 12.6 Å². The van der Waals surface area contributed by atoms with Gasteiger partial charge in [-0.2, -0.15) is 0 Å². The van der Waals surface area contributed by atoms with Crippen LogP contribution in [-0.2, 0) is 0 Å². The van der Waals surface area contributed by atoms with Gasteiger partial charge in [0.25, 0.3) is 0 Å². The molecule has 1 aromatic rings. The van der Waals surface area contributed by atoms with E-state index in [1.807, 2.05) is 13.0 Å². The third-order valence-electron chi connectivity index (χ3n) is 3.24. The molecule has 0 radical (unpaired) electrons. The molecule has 1 N–H and O–H groups in total. The lowest BCUT2D eigenvalue weighted by atomic mass is 10.2. The first-order valence-corrected chi connectivity index (χ1v) is 6.74. The van der Waals surface area contributed by atoms with Crippen LogP contribution in [0.4, 0.5) is 5.69 Å². The van der Waals surface area contributed by atoms with Gasteiger partial charge in [-0.15, -0.1) is 0 Å². The summed E-state index contributed by atoms with van der Waals surface area (Å²) in [6.07, 6.45) is -0.244. The molecule has 0 aromatic heterocycles. The number of nitrogens with zero attached hydrogens (tertiary/aromatic N) is 2. The predicted molar refractivity (Wildman–Crippen MR) is 77.9 cm³/mol. The van der Waals surface area contributed by atoms with Crippen LogP contribution in [0.2, 0.25) is 0 Å². The molecule has 0 fully saturated rings. The Morgan fingerprint density at radius 2 is 1.83 bits per heavy atom. The lowest BCUT2D eigenvalue weighted by Gasteiger charge is -2.34. The van der Waals surface area contributed by atoms with Crippen LogP contribution in [0.1, 0.15) is 13.8 Å². The van der Waals surface area contributed by atoms with E-state index in [4.69, 9.17) is 0 Å². The van der Waals surface area contributed by atoms with Crippen molar-refractivity contribution in [2.75, 3.05) is 45.2 Å². The first kappa shape index (κ1) is 15.0. The van der Waals surface area contributed by atoms with Gasteiger partial charge in [-0.25, -0.2) is 0 Å². The van der Waals surface area contributed by atoms with Gasteiger partial charge in [0, 0.05) is 12.2 Å². The molecule has 102 valence electrons. The Morgan fingerprint density at radius 3 is 2.33 bits per heavy atom. The minimum absolute atomic E-state index is 0.244. The van der Waals surface area contributed by atoms with Crippen molar-refractivity contribution in [2.24, 2.45) is 0 Å². The van der Waals surface area contributed by atoms with Gasteiger partial charge in [-0.3, -0.25) is 0 Å². The second-order valence-corrected chi connectivity index (χ2v) is 5.61. The van der Waals surface area contributed by atoms with E-state index in [1.54, 1.807) is 0 Å². The second-order valence-electron chi connectivity index (χ2n) is 5.61. The molecule has 0 aliphatic carbocycles. The Bertz CT molecular complexity index is 336. The van der Waals surface area contributed by atoms with Crippen molar-refractivity contribution >= 4 is 5.69 Å². The van der Waals surface area contributed by atoms with Gasteiger partial charge in [-0.05, 0) is 26.0 Å². The maximum atomic E-state index is 9.50. The standard InChI is InChI=1S/C15H27N2O/c1-5-16(15-9-7-6-8-10-15)11-12-17(3,4)13-14(2)18/h6-10,14,18H,5,11-13H2,1-4H3/q+1/t14-/m0/s1. The summed E-state index contributed by atoms with van der Waals surface area (Å²) < 4.78 is 0.848. The number of anilines is 1. The third-order valence-corrected chi connectivity index (χ3v) is 3.24. The van der Waals surface area contributed by atoms with Gasteiger partial charge < -0.3 is 14.5 Å². The van der Waals surface area contributed by atoms with Gasteiger partial charge in [0.2, 0.25) is 0 Å². The van der Waals surface area contributed by atoms with E-state index in [0.717, 1.165) is 30.7 Å². The van der Waals surface area contributed by atoms with Crippen molar-refractivity contribution in [2.45, 2.75) is 20.0 Å². The van der Waals surface area contributed by atoms with Gasteiger partial charge in [0.05, 0.1) is 27.2 Å². The van der Waals surface area contributed by atoms with Crippen LogP contribution in [0, 0.1) is 0 Å². The van der Waals surface area contributed by atoms with Crippen LogP contribution in [0.5, 0.6) is 0 Å². The Morgan fingerprint density at radius 1 is 1.22 bits per heavy atom. The molecule has 3 nitrogen and oxygen atoms in total. The molecule has 1 rings (SSSR count). The molecule has 0 saturated carbocycles. The fourth-order valence-corrected chi connectivity index (χ4v) is 2.31. The van der Waals surface area contributed by atoms with Crippen molar-refractivity contribution < 1.29 is 9.59 Å². The largest absolute Gasteiger partial charge is 0.388 e. The Hall–Kier alpha value is -1.06. The topological polar surface area (TPSA) is 23.5 Å². The molecule has 0 aliphatic heterocycles. The highest BCUT2D eigenvalue weighted by Gasteiger charge is 2.19. The Balaban J connectivity index is 2.55. The summed E-state index contributed by atoms with van der Waals surface area (Å²) in [5.74, 6) is 0. The number of aliphatic hydroxyl groups excluding tert-OH is 1. The van der Waals surface area contributed by atoms with Crippen molar-refractivity contribution in [1.82, 2.24) is 0 Å². The third kappa shape index (κ3) is 5.07. The fourth-order valence-electron chi connectivity index (χ4n) is 2.31. The molecule has 0 bridgehead atoms. The van der Waals surface area contributed by atoms with Gasteiger partial charge in [-0.1, -0.05) is 18.2 Å². The van der Waals surface area contributed by atoms with E-state index in [2.05, 4.69) is 50.2 Å². The number of quaternary nitrogens is 1. The SMILES string of the molecule is CCN(CC[N+](C)(C)C[C@H](C)O)c1ccccc1. The monoisotopic (exact) mass is 251 g/mol. The van der Waals surface area contributed by atoms with Crippen LogP contribution < -0.4 is 4.90 Å². The highest BCUT2D eigenvalue weighted by molar-refractivity contribution is 5.45. The first-order valence-electron chi connectivity index (χ1n) is 6.74. The minimum atomic E-state index is -0.244. The van der Waals surface area contributed by atoms with E-state index in [1.165, 1.54) is 5.69 Å². The maximum Gasteiger partial charge on any atom is 0.104 e.